The Bertz CT molecular complexity index is 233. The van der Waals surface area contributed by atoms with Gasteiger partial charge >= 0.3 is 0 Å². The Labute approximate surface area is 73.7 Å². The summed E-state index contributed by atoms with van der Waals surface area (Å²) in [6.07, 6.45) is 1.12. The van der Waals surface area contributed by atoms with E-state index in [-0.39, 0.29) is 0 Å². The SMILES string of the molecule is C=C(C)COCCNS(C)(=O)=O. The van der Waals surface area contributed by atoms with Crippen molar-refractivity contribution in [1.29, 1.82) is 0 Å². The average molecular weight is 193 g/mol. The largest absolute Gasteiger partial charge is 0.376 e. The van der Waals surface area contributed by atoms with Crippen molar-refractivity contribution >= 4 is 10.0 Å². The first-order valence-electron chi connectivity index (χ1n) is 3.58. The molecule has 5 heteroatoms. The third kappa shape index (κ3) is 9.61. The monoisotopic (exact) mass is 193 g/mol. The molecule has 0 aliphatic rings. The summed E-state index contributed by atoms with van der Waals surface area (Å²) >= 11 is 0. The van der Waals surface area contributed by atoms with Crippen molar-refractivity contribution in [2.24, 2.45) is 0 Å². The van der Waals surface area contributed by atoms with Gasteiger partial charge in [0.2, 0.25) is 10.0 Å². The van der Waals surface area contributed by atoms with E-state index in [0.717, 1.165) is 11.8 Å². The molecule has 0 aliphatic heterocycles. The van der Waals surface area contributed by atoms with E-state index in [1.807, 2.05) is 6.92 Å². The molecule has 0 aromatic heterocycles. The summed E-state index contributed by atoms with van der Waals surface area (Å²) in [5.74, 6) is 0. The van der Waals surface area contributed by atoms with Crippen LogP contribution in [0.5, 0.6) is 0 Å². The lowest BCUT2D eigenvalue weighted by Crippen LogP contribution is -2.26. The van der Waals surface area contributed by atoms with Gasteiger partial charge in [-0.2, -0.15) is 0 Å². The minimum absolute atomic E-state index is 0.312. The van der Waals surface area contributed by atoms with Crippen LogP contribution < -0.4 is 4.72 Å². The summed E-state index contributed by atoms with van der Waals surface area (Å²) in [4.78, 5) is 0. The molecule has 0 radical (unpaired) electrons. The van der Waals surface area contributed by atoms with Gasteiger partial charge in [-0.25, -0.2) is 13.1 Å². The predicted octanol–water partition coefficient (Wildman–Crippen LogP) is 0.128. The summed E-state index contributed by atoms with van der Waals surface area (Å²) in [5, 5.41) is 0. The summed E-state index contributed by atoms with van der Waals surface area (Å²) < 4.78 is 28.5. The molecule has 0 spiro atoms. The van der Waals surface area contributed by atoms with Crippen LogP contribution >= 0.6 is 0 Å². The molecular formula is C7H15NO3S. The lowest BCUT2D eigenvalue weighted by molar-refractivity contribution is 0.162. The predicted molar refractivity (Wildman–Crippen MR) is 48.5 cm³/mol. The lowest BCUT2D eigenvalue weighted by Gasteiger charge is -2.03. The quantitative estimate of drug-likeness (QED) is 0.482. The summed E-state index contributed by atoms with van der Waals surface area (Å²) in [6.45, 7) is 6.65. The number of nitrogens with one attached hydrogen (secondary N) is 1. The Hall–Kier alpha value is -0.390. The number of hydrogen-bond acceptors (Lipinski definition) is 3. The van der Waals surface area contributed by atoms with Crippen LogP contribution in [0.3, 0.4) is 0 Å². The molecule has 0 amide bonds. The van der Waals surface area contributed by atoms with E-state index >= 15 is 0 Å². The van der Waals surface area contributed by atoms with Crippen LogP contribution in [0.1, 0.15) is 6.92 Å². The minimum Gasteiger partial charge on any atom is -0.376 e. The van der Waals surface area contributed by atoms with Gasteiger partial charge in [-0.3, -0.25) is 0 Å². The van der Waals surface area contributed by atoms with Crippen molar-refractivity contribution < 1.29 is 13.2 Å². The number of sulfonamides is 1. The van der Waals surface area contributed by atoms with Gasteiger partial charge in [-0.1, -0.05) is 12.2 Å². The van der Waals surface area contributed by atoms with Crippen LogP contribution in [0.2, 0.25) is 0 Å². The smallest absolute Gasteiger partial charge is 0.208 e. The molecule has 4 nitrogen and oxygen atoms in total. The van der Waals surface area contributed by atoms with Crippen molar-refractivity contribution in [1.82, 2.24) is 4.72 Å². The summed E-state index contributed by atoms with van der Waals surface area (Å²) in [6, 6.07) is 0. The third-order valence-electron chi connectivity index (χ3n) is 0.959. The van der Waals surface area contributed by atoms with Crippen molar-refractivity contribution in [2.45, 2.75) is 6.92 Å². The van der Waals surface area contributed by atoms with Crippen LogP contribution in [0, 0.1) is 0 Å². The van der Waals surface area contributed by atoms with E-state index in [4.69, 9.17) is 4.74 Å². The molecular weight excluding hydrogens is 178 g/mol. The van der Waals surface area contributed by atoms with Gasteiger partial charge in [-0.15, -0.1) is 0 Å². The fourth-order valence-electron chi connectivity index (χ4n) is 0.546. The third-order valence-corrected chi connectivity index (χ3v) is 1.69. The van der Waals surface area contributed by atoms with E-state index in [2.05, 4.69) is 11.3 Å². The highest BCUT2D eigenvalue weighted by molar-refractivity contribution is 7.88. The molecule has 0 heterocycles. The van der Waals surface area contributed by atoms with Gasteiger partial charge < -0.3 is 4.74 Å². The summed E-state index contributed by atoms with van der Waals surface area (Å²) in [5.41, 5.74) is 0.925. The molecule has 0 aromatic carbocycles. The fraction of sp³-hybridized carbons (Fsp3) is 0.714. The molecule has 0 atom stereocenters. The molecule has 0 bridgehead atoms. The normalized spacial score (nSPS) is 11.5. The maximum Gasteiger partial charge on any atom is 0.208 e. The zero-order chi connectivity index (χ0) is 9.61. The Morgan fingerprint density at radius 1 is 1.58 bits per heavy atom. The first kappa shape index (κ1) is 11.6. The van der Waals surface area contributed by atoms with Gasteiger partial charge in [0.15, 0.2) is 0 Å². The van der Waals surface area contributed by atoms with Crippen molar-refractivity contribution in [3.63, 3.8) is 0 Å². The zero-order valence-electron chi connectivity index (χ0n) is 7.46. The molecule has 0 rings (SSSR count). The first-order valence-corrected chi connectivity index (χ1v) is 5.48. The molecule has 12 heavy (non-hydrogen) atoms. The van der Waals surface area contributed by atoms with Crippen molar-refractivity contribution in [3.8, 4) is 0 Å². The average Bonchev–Trinajstić information content (AvgIpc) is 1.83. The minimum atomic E-state index is -3.08. The van der Waals surface area contributed by atoms with Crippen LogP contribution in [0.4, 0.5) is 0 Å². The second kappa shape index (κ2) is 5.29. The van der Waals surface area contributed by atoms with Gasteiger partial charge in [0, 0.05) is 6.54 Å². The van der Waals surface area contributed by atoms with E-state index in [0.29, 0.717) is 19.8 Å². The van der Waals surface area contributed by atoms with Crippen molar-refractivity contribution in [2.75, 3.05) is 26.0 Å². The topological polar surface area (TPSA) is 55.4 Å². The highest BCUT2D eigenvalue weighted by atomic mass is 32.2. The van der Waals surface area contributed by atoms with E-state index in [1.165, 1.54) is 0 Å². The van der Waals surface area contributed by atoms with Crippen LogP contribution in [0.15, 0.2) is 12.2 Å². The summed E-state index contributed by atoms with van der Waals surface area (Å²) in [7, 11) is -3.08. The molecule has 0 saturated carbocycles. The Kier molecular flexibility index (Phi) is 5.12. The lowest BCUT2D eigenvalue weighted by atomic mass is 10.4. The number of ether oxygens (including phenoxy) is 1. The Morgan fingerprint density at radius 3 is 2.58 bits per heavy atom. The highest BCUT2D eigenvalue weighted by Gasteiger charge is 1.97. The van der Waals surface area contributed by atoms with Crippen LogP contribution in [-0.4, -0.2) is 34.4 Å². The maximum absolute atomic E-state index is 10.5. The van der Waals surface area contributed by atoms with Crippen LogP contribution in [-0.2, 0) is 14.8 Å². The number of rotatable bonds is 6. The molecule has 72 valence electrons. The van der Waals surface area contributed by atoms with Crippen molar-refractivity contribution in [3.05, 3.63) is 12.2 Å². The second-order valence-electron chi connectivity index (χ2n) is 2.68. The highest BCUT2D eigenvalue weighted by Crippen LogP contribution is 1.86. The van der Waals surface area contributed by atoms with Gasteiger partial charge in [0.05, 0.1) is 19.5 Å². The molecule has 0 aromatic rings. The molecule has 1 N–H and O–H groups in total. The second-order valence-corrected chi connectivity index (χ2v) is 4.51. The zero-order valence-corrected chi connectivity index (χ0v) is 8.28. The standard InChI is InChI=1S/C7H15NO3S/c1-7(2)6-11-5-4-8-12(3,9)10/h8H,1,4-6H2,2-3H3. The number of hydrogen-bond donors (Lipinski definition) is 1. The molecule has 0 unspecified atom stereocenters. The van der Waals surface area contributed by atoms with Crippen LogP contribution in [0.25, 0.3) is 0 Å². The Morgan fingerprint density at radius 2 is 2.17 bits per heavy atom. The van der Waals surface area contributed by atoms with Gasteiger partial charge in [-0.05, 0) is 6.92 Å². The fourth-order valence-corrected chi connectivity index (χ4v) is 1.000. The van der Waals surface area contributed by atoms with Gasteiger partial charge in [0.1, 0.15) is 0 Å². The molecule has 0 aliphatic carbocycles. The molecule has 0 saturated heterocycles. The van der Waals surface area contributed by atoms with Gasteiger partial charge in [0.25, 0.3) is 0 Å². The van der Waals surface area contributed by atoms with E-state index < -0.39 is 10.0 Å². The first-order chi connectivity index (χ1) is 5.42. The van der Waals surface area contributed by atoms with E-state index in [9.17, 15) is 8.42 Å². The Balaban J connectivity index is 3.29. The van der Waals surface area contributed by atoms with E-state index in [1.54, 1.807) is 0 Å². The molecule has 0 fully saturated rings. The maximum atomic E-state index is 10.5.